The third-order valence-electron chi connectivity index (χ3n) is 3.09. The van der Waals surface area contributed by atoms with E-state index in [0.717, 1.165) is 0 Å². The highest BCUT2D eigenvalue weighted by atomic mass is 19.3. The topological polar surface area (TPSA) is 89.9 Å². The van der Waals surface area contributed by atoms with Crippen LogP contribution in [0.2, 0.25) is 0 Å². The van der Waals surface area contributed by atoms with Crippen molar-refractivity contribution in [1.29, 1.82) is 0 Å². The molecule has 19 heavy (non-hydrogen) atoms. The summed E-state index contributed by atoms with van der Waals surface area (Å²) in [5.74, 6) is -4.88. The summed E-state index contributed by atoms with van der Waals surface area (Å²) < 4.78 is 25.4. The minimum atomic E-state index is -3.24. The third-order valence-corrected chi connectivity index (χ3v) is 3.09. The van der Waals surface area contributed by atoms with Crippen molar-refractivity contribution in [1.82, 2.24) is 10.2 Å². The number of carboxylic acids is 1. The molecule has 0 radical (unpaired) electrons. The minimum absolute atomic E-state index is 0.243. The van der Waals surface area contributed by atoms with Crippen LogP contribution in [0.15, 0.2) is 0 Å². The zero-order chi connectivity index (χ0) is 14.5. The van der Waals surface area contributed by atoms with Gasteiger partial charge in [0.05, 0.1) is 19.0 Å². The Balaban J connectivity index is 2.26. The number of rotatable bonds is 6. The fraction of sp³-hybridized carbons (Fsp3) is 0.818. The molecule has 1 rings (SSSR count). The van der Waals surface area contributed by atoms with Gasteiger partial charge in [-0.05, 0) is 12.8 Å². The summed E-state index contributed by atoms with van der Waals surface area (Å²) >= 11 is 0. The van der Waals surface area contributed by atoms with E-state index >= 15 is 0 Å². The maximum absolute atomic E-state index is 12.7. The van der Waals surface area contributed by atoms with Gasteiger partial charge >= 0.3 is 5.97 Å². The average molecular weight is 280 g/mol. The zero-order valence-electron chi connectivity index (χ0n) is 10.4. The monoisotopic (exact) mass is 280 g/mol. The van der Waals surface area contributed by atoms with E-state index in [4.69, 9.17) is 10.2 Å². The second kappa shape index (κ2) is 6.76. The van der Waals surface area contributed by atoms with Crippen molar-refractivity contribution >= 4 is 11.9 Å². The van der Waals surface area contributed by atoms with Crippen molar-refractivity contribution in [3.8, 4) is 0 Å². The number of aliphatic carboxylic acids is 1. The van der Waals surface area contributed by atoms with Gasteiger partial charge in [0.15, 0.2) is 0 Å². The molecule has 6 nitrogen and oxygen atoms in total. The van der Waals surface area contributed by atoms with E-state index in [0.29, 0.717) is 25.9 Å². The van der Waals surface area contributed by atoms with Gasteiger partial charge in [0, 0.05) is 13.1 Å². The van der Waals surface area contributed by atoms with Gasteiger partial charge in [-0.1, -0.05) is 0 Å². The van der Waals surface area contributed by atoms with Crippen molar-refractivity contribution < 1.29 is 28.6 Å². The molecule has 8 heteroatoms. The molecule has 0 aromatic carbocycles. The normalized spacial score (nSPS) is 17.5. The molecule has 1 saturated heterocycles. The smallest absolute Gasteiger partial charge is 0.306 e. The van der Waals surface area contributed by atoms with Crippen LogP contribution in [0.25, 0.3) is 0 Å². The van der Waals surface area contributed by atoms with Crippen LogP contribution in [0.1, 0.15) is 12.8 Å². The summed E-state index contributed by atoms with van der Waals surface area (Å²) in [7, 11) is 0. The number of likely N-dealkylation sites (tertiary alicyclic amines) is 1. The third kappa shape index (κ3) is 5.07. The molecule has 1 heterocycles. The fourth-order valence-electron chi connectivity index (χ4n) is 1.90. The average Bonchev–Trinajstić information content (AvgIpc) is 2.38. The number of hydrogen-bond donors (Lipinski definition) is 3. The molecule has 0 aromatic rings. The van der Waals surface area contributed by atoms with E-state index < -0.39 is 31.0 Å². The molecule has 1 aliphatic rings. The Bertz CT molecular complexity index is 331. The lowest BCUT2D eigenvalue weighted by Crippen LogP contribution is -2.46. The lowest BCUT2D eigenvalue weighted by atomic mass is 9.97. The predicted octanol–water partition coefficient (Wildman–Crippen LogP) is -0.473. The largest absolute Gasteiger partial charge is 0.481 e. The number of piperidine rings is 1. The molecule has 0 spiro atoms. The molecule has 0 saturated carbocycles. The van der Waals surface area contributed by atoms with Crippen molar-refractivity contribution in [3.05, 3.63) is 0 Å². The van der Waals surface area contributed by atoms with Crippen LogP contribution in [-0.2, 0) is 9.59 Å². The Morgan fingerprint density at radius 2 is 1.89 bits per heavy atom. The van der Waals surface area contributed by atoms with Gasteiger partial charge in [0.2, 0.25) is 5.91 Å². The van der Waals surface area contributed by atoms with Gasteiger partial charge in [-0.2, -0.15) is 0 Å². The Morgan fingerprint density at radius 1 is 1.32 bits per heavy atom. The fourth-order valence-corrected chi connectivity index (χ4v) is 1.90. The molecule has 1 amide bonds. The van der Waals surface area contributed by atoms with E-state index in [1.54, 1.807) is 0 Å². The van der Waals surface area contributed by atoms with Gasteiger partial charge in [-0.3, -0.25) is 9.59 Å². The Hall–Kier alpha value is -1.28. The quantitative estimate of drug-likeness (QED) is 0.612. The zero-order valence-corrected chi connectivity index (χ0v) is 10.4. The van der Waals surface area contributed by atoms with Crippen LogP contribution in [0.5, 0.6) is 0 Å². The van der Waals surface area contributed by atoms with Crippen LogP contribution < -0.4 is 5.32 Å². The first-order chi connectivity index (χ1) is 8.85. The summed E-state index contributed by atoms with van der Waals surface area (Å²) in [6, 6.07) is 0. The maximum atomic E-state index is 12.7. The molecular weight excluding hydrogens is 262 g/mol. The molecule has 0 aliphatic carbocycles. The summed E-state index contributed by atoms with van der Waals surface area (Å²) in [5, 5.41) is 19.4. The second-order valence-corrected chi connectivity index (χ2v) is 4.61. The first kappa shape index (κ1) is 15.8. The van der Waals surface area contributed by atoms with Crippen LogP contribution in [0.3, 0.4) is 0 Å². The molecular formula is C11H18F2N2O4. The highest BCUT2D eigenvalue weighted by Gasteiger charge is 2.29. The van der Waals surface area contributed by atoms with Crippen molar-refractivity contribution in [2.24, 2.45) is 5.92 Å². The molecule has 3 N–H and O–H groups in total. The first-order valence-electron chi connectivity index (χ1n) is 6.06. The van der Waals surface area contributed by atoms with Crippen molar-refractivity contribution in [2.45, 2.75) is 18.8 Å². The number of hydrogen-bond acceptors (Lipinski definition) is 4. The van der Waals surface area contributed by atoms with E-state index in [2.05, 4.69) is 5.32 Å². The molecule has 0 bridgehead atoms. The van der Waals surface area contributed by atoms with Crippen molar-refractivity contribution in [3.63, 3.8) is 0 Å². The Morgan fingerprint density at radius 3 is 2.37 bits per heavy atom. The van der Waals surface area contributed by atoms with Gasteiger partial charge < -0.3 is 20.4 Å². The molecule has 110 valence electrons. The minimum Gasteiger partial charge on any atom is -0.481 e. The first-order valence-corrected chi connectivity index (χ1v) is 6.06. The number of carbonyl (C=O) groups is 2. The molecule has 0 atom stereocenters. The second-order valence-electron chi connectivity index (χ2n) is 4.61. The summed E-state index contributed by atoms with van der Waals surface area (Å²) in [4.78, 5) is 23.8. The van der Waals surface area contributed by atoms with Crippen LogP contribution in [0, 0.1) is 5.92 Å². The summed E-state index contributed by atoms with van der Waals surface area (Å²) in [6.07, 6.45) is 0.766. The number of aliphatic hydroxyl groups is 1. The van der Waals surface area contributed by atoms with Crippen LogP contribution >= 0.6 is 0 Å². The predicted molar refractivity (Wildman–Crippen MR) is 61.8 cm³/mol. The Kier molecular flexibility index (Phi) is 5.61. The number of carboxylic acid groups (broad SMARTS) is 1. The SMILES string of the molecule is O=C(O)C1CCN(C(=O)CNCC(F)(F)CO)CC1. The number of carbonyl (C=O) groups excluding carboxylic acids is 1. The van der Waals surface area contributed by atoms with E-state index in [-0.39, 0.29) is 12.5 Å². The van der Waals surface area contributed by atoms with Crippen LogP contribution in [-0.4, -0.2) is 65.7 Å². The number of aliphatic hydroxyl groups excluding tert-OH is 1. The highest BCUT2D eigenvalue weighted by Crippen LogP contribution is 2.17. The van der Waals surface area contributed by atoms with Crippen LogP contribution in [0.4, 0.5) is 8.78 Å². The lowest BCUT2D eigenvalue weighted by molar-refractivity contribution is -0.145. The van der Waals surface area contributed by atoms with Gasteiger partial charge in [-0.25, -0.2) is 8.78 Å². The van der Waals surface area contributed by atoms with E-state index in [1.807, 2.05) is 0 Å². The van der Waals surface area contributed by atoms with Gasteiger partial charge in [0.25, 0.3) is 5.92 Å². The molecule has 0 unspecified atom stereocenters. The highest BCUT2D eigenvalue weighted by molar-refractivity contribution is 5.78. The van der Waals surface area contributed by atoms with Gasteiger partial charge in [0.1, 0.15) is 6.61 Å². The molecule has 1 aliphatic heterocycles. The van der Waals surface area contributed by atoms with Gasteiger partial charge in [-0.15, -0.1) is 0 Å². The Labute approximate surface area is 109 Å². The number of halogens is 2. The molecule has 1 fully saturated rings. The van der Waals surface area contributed by atoms with Crippen molar-refractivity contribution in [2.75, 3.05) is 32.8 Å². The number of nitrogens with zero attached hydrogens (tertiary/aromatic N) is 1. The van der Waals surface area contributed by atoms with E-state index in [1.165, 1.54) is 4.90 Å². The standard InChI is InChI=1S/C11H18F2N2O4/c12-11(13,7-16)6-14-5-9(17)15-3-1-8(2-4-15)10(18)19/h8,14,16H,1-7H2,(H,18,19). The van der Waals surface area contributed by atoms with E-state index in [9.17, 15) is 18.4 Å². The summed E-state index contributed by atoms with van der Waals surface area (Å²) in [5.41, 5.74) is 0. The maximum Gasteiger partial charge on any atom is 0.306 e. The number of alkyl halides is 2. The number of amides is 1. The summed E-state index contributed by atoms with van der Waals surface area (Å²) in [6.45, 7) is -1.62. The number of nitrogens with one attached hydrogen (secondary N) is 1. The molecule has 0 aromatic heterocycles. The lowest BCUT2D eigenvalue weighted by Gasteiger charge is -2.30.